The summed E-state index contributed by atoms with van der Waals surface area (Å²) in [6, 6.07) is 93.3. The first-order valence-corrected chi connectivity index (χ1v) is 27.4. The summed E-state index contributed by atoms with van der Waals surface area (Å²) in [6.07, 6.45) is -0.916. The molecular formula is C72H48N8O. The Balaban J connectivity index is 1.01. The first-order chi connectivity index (χ1) is 40.2. The highest BCUT2D eigenvalue weighted by molar-refractivity contribution is 6.39. The van der Waals surface area contributed by atoms with Crippen molar-refractivity contribution in [3.8, 4) is 22.5 Å². The molecule has 16 rings (SSSR count). The van der Waals surface area contributed by atoms with Gasteiger partial charge in [0.1, 0.15) is 35.2 Å². The second-order valence-electron chi connectivity index (χ2n) is 20.6. The lowest BCUT2D eigenvalue weighted by Crippen LogP contribution is -2.36. The number of rotatable bonds is 9. The molecule has 11 aromatic carbocycles. The number of aliphatic imine (C=N–C) groups is 4. The lowest BCUT2D eigenvalue weighted by atomic mass is 10.0. The summed E-state index contributed by atoms with van der Waals surface area (Å²) in [6.45, 7) is 0. The van der Waals surface area contributed by atoms with Crippen molar-refractivity contribution in [1.82, 2.24) is 19.8 Å². The van der Waals surface area contributed by atoms with Crippen LogP contribution in [0.15, 0.2) is 291 Å². The largest absolute Gasteiger partial charge is 0.455 e. The maximum atomic E-state index is 7.21. The van der Waals surface area contributed by atoms with E-state index in [-0.39, 0.29) is 0 Å². The van der Waals surface area contributed by atoms with Gasteiger partial charge in [0.2, 0.25) is 0 Å². The fraction of sp³-hybridized carbons (Fsp3) is 0.0278. The fourth-order valence-corrected chi connectivity index (χ4v) is 12.2. The van der Waals surface area contributed by atoms with Crippen LogP contribution in [-0.4, -0.2) is 32.5 Å². The third kappa shape index (κ3) is 7.69. The fourth-order valence-electron chi connectivity index (χ4n) is 12.2. The zero-order chi connectivity index (χ0) is 53.4. The lowest BCUT2D eigenvalue weighted by molar-refractivity contribution is 0.673. The lowest BCUT2D eigenvalue weighted by Gasteiger charge is -2.27. The maximum absolute atomic E-state index is 7.21. The standard InChI is InChI=1S/C72H48N8O/c1-6-23-45(24-7-1)49-31-22-32-50(43-49)70-76-69(48-29-12-4-13-30-48)77-72(78-70)56-44-51(71-74-67(46-25-8-2-9-26-46)73-68(75-71)47-27-10-3-11-28-47)41-42-59(56)80-58-39-20-17-36-54(58)62-65(80)61-53-35-16-19-38-57(53)79(52-33-14-5-15-34-52)64(61)63-55-37-18-21-40-60(55)81-66(62)63/h1-44,67,70H,(H,73,74,75)(H,76,77,78). The van der Waals surface area contributed by atoms with Crippen LogP contribution < -0.4 is 10.6 Å². The number of nitrogens with zero attached hydrogens (tertiary/aromatic N) is 6. The minimum absolute atomic E-state index is 0.404. The van der Waals surface area contributed by atoms with E-state index in [9.17, 15) is 0 Å². The number of para-hydroxylation sites is 4. The molecule has 0 amide bonds. The quantitative estimate of drug-likeness (QED) is 0.151. The Morgan fingerprint density at radius 3 is 1.54 bits per heavy atom. The van der Waals surface area contributed by atoms with Crippen molar-refractivity contribution in [2.45, 2.75) is 12.3 Å². The monoisotopic (exact) mass is 1040 g/mol. The maximum Gasteiger partial charge on any atom is 0.159 e. The molecule has 2 unspecified atom stereocenters. The predicted octanol–water partition coefficient (Wildman–Crippen LogP) is 16.4. The average molecular weight is 1040 g/mol. The highest BCUT2D eigenvalue weighted by Gasteiger charge is 2.31. The van der Waals surface area contributed by atoms with Gasteiger partial charge in [-0.1, -0.05) is 212 Å². The molecule has 0 aliphatic carbocycles. The number of hydrogen-bond donors (Lipinski definition) is 2. The van der Waals surface area contributed by atoms with E-state index >= 15 is 0 Å². The first-order valence-electron chi connectivity index (χ1n) is 27.4. The van der Waals surface area contributed by atoms with Crippen LogP contribution in [-0.2, 0) is 0 Å². The molecule has 2 atom stereocenters. The van der Waals surface area contributed by atoms with E-state index < -0.39 is 12.3 Å². The van der Waals surface area contributed by atoms with Crippen molar-refractivity contribution in [3.63, 3.8) is 0 Å². The van der Waals surface area contributed by atoms with Gasteiger partial charge in [-0.25, -0.2) is 20.0 Å². The Morgan fingerprint density at radius 2 is 0.852 bits per heavy atom. The summed E-state index contributed by atoms with van der Waals surface area (Å²) in [5, 5.41) is 14.2. The van der Waals surface area contributed by atoms with Crippen molar-refractivity contribution >= 4 is 88.9 Å². The molecule has 0 saturated carbocycles. The van der Waals surface area contributed by atoms with Gasteiger partial charge >= 0.3 is 0 Å². The van der Waals surface area contributed by atoms with Gasteiger partial charge in [-0.3, -0.25) is 0 Å². The number of amidine groups is 4. The topological polar surface area (TPSA) is 96.5 Å². The van der Waals surface area contributed by atoms with Crippen LogP contribution in [0.4, 0.5) is 0 Å². The molecule has 0 saturated heterocycles. The summed E-state index contributed by atoms with van der Waals surface area (Å²) >= 11 is 0. The molecule has 14 aromatic rings. The Bertz CT molecular complexity index is 4920. The van der Waals surface area contributed by atoms with Gasteiger partial charge in [0.25, 0.3) is 0 Å². The van der Waals surface area contributed by atoms with E-state index in [0.29, 0.717) is 23.3 Å². The Kier molecular flexibility index (Phi) is 10.8. The number of hydrogen-bond acceptors (Lipinski definition) is 7. The van der Waals surface area contributed by atoms with Gasteiger partial charge in [-0.05, 0) is 76.9 Å². The van der Waals surface area contributed by atoms with Gasteiger partial charge in [-0.2, -0.15) is 0 Å². The molecule has 5 heterocycles. The summed E-state index contributed by atoms with van der Waals surface area (Å²) in [5.41, 5.74) is 15.6. The zero-order valence-electron chi connectivity index (χ0n) is 43.6. The van der Waals surface area contributed by atoms with Crippen LogP contribution in [0, 0.1) is 0 Å². The third-order valence-corrected chi connectivity index (χ3v) is 15.8. The highest BCUT2D eigenvalue weighted by Crippen LogP contribution is 2.50. The Morgan fingerprint density at radius 1 is 0.358 bits per heavy atom. The van der Waals surface area contributed by atoms with Crippen molar-refractivity contribution < 1.29 is 4.42 Å². The normalized spacial score (nSPS) is 15.4. The summed E-state index contributed by atoms with van der Waals surface area (Å²) in [4.78, 5) is 21.6. The number of aromatic nitrogens is 2. The summed E-state index contributed by atoms with van der Waals surface area (Å²) in [7, 11) is 0. The van der Waals surface area contributed by atoms with E-state index in [1.807, 2.05) is 42.5 Å². The van der Waals surface area contributed by atoms with E-state index in [2.05, 4.69) is 244 Å². The average Bonchev–Trinajstić information content (AvgIpc) is 4.25. The van der Waals surface area contributed by atoms with Crippen molar-refractivity contribution in [2.24, 2.45) is 20.0 Å². The molecule has 9 nitrogen and oxygen atoms in total. The van der Waals surface area contributed by atoms with E-state index in [1.54, 1.807) is 0 Å². The summed E-state index contributed by atoms with van der Waals surface area (Å²) < 4.78 is 12.1. The van der Waals surface area contributed by atoms with Crippen molar-refractivity contribution in [1.29, 1.82) is 0 Å². The van der Waals surface area contributed by atoms with E-state index in [4.69, 9.17) is 24.4 Å². The minimum atomic E-state index is -0.513. The third-order valence-electron chi connectivity index (χ3n) is 15.8. The van der Waals surface area contributed by atoms with Gasteiger partial charge in [0, 0.05) is 49.5 Å². The SMILES string of the molecule is c1ccc(C2=NC(c3ccccc3)NC(c3ccc(-n4c5ccccc5c5c6oc7ccccc7c6c6c(c7ccccc7n6-c6ccccc6)c54)c(C4=NC(c5ccccc5)=NC(c5cccc(-c6ccccc6)c5)N4)c3)=N2)cc1. The van der Waals surface area contributed by atoms with E-state index in [0.717, 1.165) is 121 Å². The van der Waals surface area contributed by atoms with Crippen LogP contribution in [0.25, 0.3) is 88.1 Å². The van der Waals surface area contributed by atoms with Crippen LogP contribution in [0.1, 0.15) is 45.7 Å². The molecule has 0 spiro atoms. The number of nitrogens with one attached hydrogen (secondary N) is 2. The second-order valence-corrected chi connectivity index (χ2v) is 20.6. The first kappa shape index (κ1) is 46.2. The zero-order valence-corrected chi connectivity index (χ0v) is 43.6. The van der Waals surface area contributed by atoms with Gasteiger partial charge in [0.05, 0.1) is 38.5 Å². The van der Waals surface area contributed by atoms with Crippen LogP contribution in [0.2, 0.25) is 0 Å². The molecule has 3 aromatic heterocycles. The Labute approximate surface area is 465 Å². The van der Waals surface area contributed by atoms with E-state index in [1.165, 1.54) is 0 Å². The Hall–Kier alpha value is -10.9. The van der Waals surface area contributed by atoms with Crippen LogP contribution in [0.3, 0.4) is 0 Å². The van der Waals surface area contributed by atoms with Crippen LogP contribution >= 0.6 is 0 Å². The molecule has 2 aliphatic rings. The molecule has 2 N–H and O–H groups in total. The van der Waals surface area contributed by atoms with Gasteiger partial charge in [0.15, 0.2) is 11.7 Å². The number of furan rings is 1. The van der Waals surface area contributed by atoms with Gasteiger partial charge < -0.3 is 24.2 Å². The van der Waals surface area contributed by atoms with Crippen molar-refractivity contribution in [2.75, 3.05) is 0 Å². The molecule has 0 fully saturated rings. The van der Waals surface area contributed by atoms with Crippen molar-refractivity contribution in [3.05, 3.63) is 300 Å². The molecule has 0 bridgehead atoms. The second kappa shape index (κ2) is 18.9. The highest BCUT2D eigenvalue weighted by atomic mass is 16.3. The summed E-state index contributed by atoms with van der Waals surface area (Å²) in [5.74, 6) is 2.60. The predicted molar refractivity (Wildman–Crippen MR) is 332 cm³/mol. The van der Waals surface area contributed by atoms with Crippen LogP contribution in [0.5, 0.6) is 0 Å². The molecule has 2 aliphatic heterocycles. The molecule has 0 radical (unpaired) electrons. The molecular weight excluding hydrogens is 993 g/mol. The van der Waals surface area contributed by atoms with Gasteiger partial charge in [-0.15, -0.1) is 0 Å². The smallest absolute Gasteiger partial charge is 0.159 e. The number of fused-ring (bicyclic) bond motifs is 12. The number of benzene rings is 11. The molecule has 382 valence electrons. The molecule has 81 heavy (non-hydrogen) atoms. The molecule has 9 heteroatoms. The minimum Gasteiger partial charge on any atom is -0.455 e.